The number of carbonyl (C=O) groups excluding carboxylic acids is 14. The molecule has 124 heavy (non-hydrogen) atoms. The van der Waals surface area contributed by atoms with Crippen molar-refractivity contribution in [3.05, 3.63) is 144 Å². The fourth-order valence-electron chi connectivity index (χ4n) is 14.6. The summed E-state index contributed by atoms with van der Waals surface area (Å²) in [5.41, 5.74) is 12.0. The summed E-state index contributed by atoms with van der Waals surface area (Å²) in [4.78, 5) is 207. The Kier molecular flexibility index (Phi) is 31.8. The van der Waals surface area contributed by atoms with Gasteiger partial charge in [0.15, 0.2) is 5.96 Å². The molecule has 4 aromatic carbocycles. The molecular formula is C88H117N17O19. The number of nitrogens with one attached hydrogen (secondary N) is 10. The van der Waals surface area contributed by atoms with Gasteiger partial charge >= 0.3 is 18.3 Å². The summed E-state index contributed by atoms with van der Waals surface area (Å²) in [5.74, 6) is -10.1. The van der Waals surface area contributed by atoms with Crippen LogP contribution in [0.3, 0.4) is 0 Å². The number of ether oxygens (including phenoxy) is 5. The number of para-hydroxylation sites is 1. The SMILES string of the molecule is CC(C)C[C@H](NC(=O)CNC(=O)[C@H](Cc1ccc(OC(C)(C)C)cc1)NC(=O)[C@H](COC(C)(C)C)NC(=O)[C@H](Cc1cn(C(=O)OC(C)(C)C)c2ccccc12)NC(=O)[C@H](Cc1cn(C(=O)OC(C)(C)C)cn1)NC(=O)[C@@H]1CCC(=O)N1C(=O)OCC1c2ccccc2-c2ccccc21)C(=O)N[C@@H](CCCNC(=N)N)C(=O)N1CCC[C@H]1C(=O)NCC(N)=O. The van der Waals surface area contributed by atoms with Gasteiger partial charge in [0.25, 0.3) is 0 Å². The van der Waals surface area contributed by atoms with E-state index in [1.165, 1.54) is 21.9 Å². The van der Waals surface area contributed by atoms with Crippen LogP contribution in [0.5, 0.6) is 5.75 Å². The van der Waals surface area contributed by atoms with Crippen LogP contribution in [0, 0.1) is 11.3 Å². The fourth-order valence-corrected chi connectivity index (χ4v) is 14.6. The van der Waals surface area contributed by atoms with E-state index in [2.05, 4.69) is 52.8 Å². The molecule has 6 aromatic rings. The normalized spacial score (nSPS) is 16.1. The van der Waals surface area contributed by atoms with Crippen LogP contribution in [0.4, 0.5) is 14.4 Å². The molecule has 12 amide bonds. The van der Waals surface area contributed by atoms with Gasteiger partial charge in [-0.2, -0.15) is 0 Å². The molecular weight excluding hydrogens is 1600 g/mol. The minimum absolute atomic E-state index is 0.0124. The molecule has 0 radical (unpaired) electrons. The van der Waals surface area contributed by atoms with E-state index in [9.17, 15) is 47.9 Å². The van der Waals surface area contributed by atoms with Gasteiger partial charge < -0.3 is 87.9 Å². The number of amides is 12. The highest BCUT2D eigenvalue weighted by Crippen LogP contribution is 2.45. The van der Waals surface area contributed by atoms with Crippen molar-refractivity contribution < 1.29 is 90.8 Å². The number of hydrogen-bond donors (Lipinski definition) is 12. The maximum Gasteiger partial charge on any atom is 0.419 e. The Bertz CT molecular complexity index is 4890. The quantitative estimate of drug-likeness (QED) is 0.0104. The number of benzene rings is 4. The van der Waals surface area contributed by atoms with Crippen molar-refractivity contribution in [3.63, 3.8) is 0 Å². The highest BCUT2D eigenvalue weighted by molar-refractivity contribution is 6.03. The number of carbonyl (C=O) groups is 14. The summed E-state index contributed by atoms with van der Waals surface area (Å²) in [7, 11) is 0. The average molecular weight is 1720 g/mol. The molecule has 8 atom stereocenters. The van der Waals surface area contributed by atoms with E-state index in [1.807, 2.05) is 69.3 Å². The summed E-state index contributed by atoms with van der Waals surface area (Å²) in [6.07, 6.45) is 0.199. The van der Waals surface area contributed by atoms with Gasteiger partial charge in [-0.25, -0.2) is 28.8 Å². The fraction of sp³-hybridized carbons (Fsp3) is 0.500. The number of likely N-dealkylation sites (tertiary alicyclic amines) is 2. The second kappa shape index (κ2) is 41.4. The van der Waals surface area contributed by atoms with E-state index in [1.54, 1.807) is 125 Å². The van der Waals surface area contributed by atoms with Crippen LogP contribution >= 0.6 is 0 Å². The molecule has 2 fully saturated rings. The van der Waals surface area contributed by atoms with Gasteiger partial charge in [0, 0.05) is 62.5 Å². The lowest BCUT2D eigenvalue weighted by Gasteiger charge is -2.30. The van der Waals surface area contributed by atoms with Gasteiger partial charge in [0.1, 0.15) is 83.8 Å². The molecule has 0 unspecified atom stereocenters. The van der Waals surface area contributed by atoms with Crippen LogP contribution in [0.2, 0.25) is 0 Å². The van der Waals surface area contributed by atoms with Crippen LogP contribution in [0.1, 0.15) is 176 Å². The lowest BCUT2D eigenvalue weighted by atomic mass is 9.98. The molecule has 0 spiro atoms. The van der Waals surface area contributed by atoms with Gasteiger partial charge in [0.05, 0.1) is 36.5 Å². The molecule has 3 aliphatic rings. The highest BCUT2D eigenvalue weighted by Gasteiger charge is 2.45. The van der Waals surface area contributed by atoms with Gasteiger partial charge in [-0.3, -0.25) is 62.7 Å². The topological polar surface area (TPSA) is 499 Å². The van der Waals surface area contributed by atoms with Crippen LogP contribution in [0.25, 0.3) is 22.0 Å². The largest absolute Gasteiger partial charge is 0.488 e. The number of imidazole rings is 1. The molecule has 2 saturated heterocycles. The van der Waals surface area contributed by atoms with Crippen LogP contribution < -0.4 is 64.1 Å². The third kappa shape index (κ3) is 27.1. The molecule has 2 aromatic heterocycles. The predicted octanol–water partition coefficient (Wildman–Crippen LogP) is 5.29. The summed E-state index contributed by atoms with van der Waals surface area (Å²) >= 11 is 0. The zero-order valence-corrected chi connectivity index (χ0v) is 72.7. The molecule has 9 rings (SSSR count). The lowest BCUT2D eigenvalue weighted by molar-refractivity contribution is -0.142. The summed E-state index contributed by atoms with van der Waals surface area (Å²) in [5, 5.41) is 32.1. The number of rotatable bonds is 35. The van der Waals surface area contributed by atoms with E-state index in [4.69, 9.17) is 40.6 Å². The van der Waals surface area contributed by atoms with Crippen molar-refractivity contribution in [1.82, 2.24) is 71.8 Å². The zero-order valence-electron chi connectivity index (χ0n) is 72.7. The molecule has 2 aliphatic heterocycles. The van der Waals surface area contributed by atoms with E-state index in [0.717, 1.165) is 33.1 Å². The molecule has 36 nitrogen and oxygen atoms in total. The average Bonchev–Trinajstić information content (AvgIpc) is 1.62. The Morgan fingerprint density at radius 3 is 1.76 bits per heavy atom. The standard InChI is InChI=1S/C88H117N17O19/c1-50(2)39-62(74(110)97-61(28-21-37-92-81(90)91)80(116)103-38-22-30-68(103)78(114)93-43-70(89)106)96-71(107)44-94-73(109)63(40-51-31-33-54(34-32-51)122-86(6,7)8)98-77(113)66(48-121-85(3,4)5)101-75(111)64(41-52-45-104(83(118)124-88(12,13)14)67-29-20-19-23-55(52)67)99-76(112)65(42-53-46-102(49-95-53)82(117)123-87(9,10)11)100-79(115)69-35-36-72(108)105(69)84(119)120-47-60-58-26-17-15-24-56(58)57-25-16-18-27-59(57)60/h15-20,23-27,29,31-34,45-46,49-50,60-66,68-69H,21-22,28,30,35-44,47-48H2,1-14H3,(H2,89,106)(H,93,114)(H,94,109)(H,96,107)(H,97,110)(H,98,113)(H,99,112)(H,100,115)(H,101,111)(H4,90,91,92)/t61-,62-,63-,64-,65-,66-,68-,69-/m0/s1. The first-order valence-corrected chi connectivity index (χ1v) is 41.5. The van der Waals surface area contributed by atoms with Crippen molar-refractivity contribution in [2.45, 2.75) is 238 Å². The molecule has 36 heteroatoms. The number of nitrogens with two attached hydrogens (primary N) is 2. The number of primary amides is 1. The van der Waals surface area contributed by atoms with E-state index in [-0.39, 0.29) is 87.8 Å². The lowest BCUT2D eigenvalue weighted by Crippen LogP contribution is -2.61. The predicted molar refractivity (Wildman–Crippen MR) is 456 cm³/mol. The van der Waals surface area contributed by atoms with E-state index in [0.29, 0.717) is 33.5 Å². The van der Waals surface area contributed by atoms with Crippen LogP contribution in [0.15, 0.2) is 116 Å². The smallest absolute Gasteiger partial charge is 0.419 e. The van der Waals surface area contributed by atoms with Crippen LogP contribution in [-0.4, -0.2) is 223 Å². The van der Waals surface area contributed by atoms with Crippen molar-refractivity contribution in [1.29, 1.82) is 5.41 Å². The Morgan fingerprint density at radius 1 is 0.565 bits per heavy atom. The first-order valence-electron chi connectivity index (χ1n) is 41.5. The highest BCUT2D eigenvalue weighted by atomic mass is 16.6. The number of aromatic nitrogens is 3. The van der Waals surface area contributed by atoms with Crippen LogP contribution in [-0.2, 0) is 90.9 Å². The molecule has 668 valence electrons. The first-order chi connectivity index (χ1) is 58.3. The number of imide groups is 1. The molecule has 4 heterocycles. The first kappa shape index (κ1) is 95.1. The number of hydrogen-bond acceptors (Lipinski definition) is 21. The summed E-state index contributed by atoms with van der Waals surface area (Å²) in [6, 6.07) is 16.5. The molecule has 0 bridgehead atoms. The Morgan fingerprint density at radius 2 is 1.15 bits per heavy atom. The maximum atomic E-state index is 15.8. The minimum Gasteiger partial charge on any atom is -0.488 e. The van der Waals surface area contributed by atoms with E-state index >= 15 is 19.2 Å². The minimum atomic E-state index is -1.79. The maximum absolute atomic E-state index is 15.8. The third-order valence-corrected chi connectivity index (χ3v) is 20.2. The Hall–Kier alpha value is -12.8. The second-order valence-corrected chi connectivity index (χ2v) is 35.4. The Labute approximate surface area is 720 Å². The van der Waals surface area contributed by atoms with Gasteiger partial charge in [0.2, 0.25) is 65.0 Å². The van der Waals surface area contributed by atoms with Gasteiger partial charge in [-0.05, 0) is 179 Å². The monoisotopic (exact) mass is 1720 g/mol. The van der Waals surface area contributed by atoms with Gasteiger partial charge in [-0.1, -0.05) is 92.7 Å². The molecule has 0 saturated carbocycles. The molecule has 14 N–H and O–H groups in total. The zero-order chi connectivity index (χ0) is 90.9. The van der Waals surface area contributed by atoms with Gasteiger partial charge in [-0.15, -0.1) is 0 Å². The summed E-state index contributed by atoms with van der Waals surface area (Å²) in [6.45, 7) is 22.3. The number of nitrogens with zero attached hydrogens (tertiary/aromatic N) is 5. The van der Waals surface area contributed by atoms with Crippen molar-refractivity contribution >= 4 is 100 Å². The summed E-state index contributed by atoms with van der Waals surface area (Å²) < 4.78 is 31.9. The van der Waals surface area contributed by atoms with E-state index < -0.39 is 192 Å². The van der Waals surface area contributed by atoms with Crippen molar-refractivity contribution in [2.24, 2.45) is 17.4 Å². The number of guanidine groups is 1. The second-order valence-electron chi connectivity index (χ2n) is 35.4. The molecule has 1 aliphatic carbocycles. The number of fused-ring (bicyclic) bond motifs is 4. The third-order valence-electron chi connectivity index (χ3n) is 20.2. The van der Waals surface area contributed by atoms with Crippen molar-refractivity contribution in [2.75, 3.05) is 39.4 Å². The Balaban J connectivity index is 1.02. The van der Waals surface area contributed by atoms with Crippen molar-refractivity contribution in [3.8, 4) is 16.9 Å².